The first-order valence-corrected chi connectivity index (χ1v) is 7.54. The second kappa shape index (κ2) is 7.11. The molecule has 0 unspecified atom stereocenters. The van der Waals surface area contributed by atoms with E-state index in [9.17, 15) is 14.7 Å². The van der Waals surface area contributed by atoms with Crippen molar-refractivity contribution in [1.29, 1.82) is 0 Å². The van der Waals surface area contributed by atoms with Crippen molar-refractivity contribution in [1.82, 2.24) is 4.98 Å². The third-order valence-corrected chi connectivity index (χ3v) is 3.80. The number of unbranched alkanes of at least 4 members (excludes halogenated alkanes) is 3. The predicted molar refractivity (Wildman–Crippen MR) is 85.9 cm³/mol. The molecule has 0 fully saturated rings. The number of aryl methyl sites for hydroxylation is 1. The number of nitrogens with one attached hydrogen (secondary N) is 1. The molecule has 0 atom stereocenters. The van der Waals surface area contributed by atoms with Crippen LogP contribution in [-0.2, 0) is 6.42 Å². The Morgan fingerprint density at radius 3 is 2.68 bits per heavy atom. The average molecular weight is 303 g/mol. The van der Waals surface area contributed by atoms with Gasteiger partial charge in [0.15, 0.2) is 0 Å². The van der Waals surface area contributed by atoms with Gasteiger partial charge in [-0.25, -0.2) is 4.79 Å². The summed E-state index contributed by atoms with van der Waals surface area (Å²) in [6.07, 6.45) is 5.17. The molecule has 1 heterocycles. The molecule has 0 saturated carbocycles. The van der Waals surface area contributed by atoms with Crippen LogP contribution in [0.25, 0.3) is 10.9 Å². The van der Waals surface area contributed by atoms with Crippen molar-refractivity contribution < 1.29 is 14.6 Å². The first kappa shape index (κ1) is 16.1. The summed E-state index contributed by atoms with van der Waals surface area (Å²) in [4.78, 5) is 26.0. The average Bonchev–Trinajstić information content (AvgIpc) is 2.49. The third-order valence-electron chi connectivity index (χ3n) is 3.80. The molecule has 5 heteroatoms. The Morgan fingerprint density at radius 1 is 1.27 bits per heavy atom. The van der Waals surface area contributed by atoms with Crippen LogP contribution >= 0.6 is 0 Å². The number of aromatic nitrogens is 1. The summed E-state index contributed by atoms with van der Waals surface area (Å²) >= 11 is 0. The van der Waals surface area contributed by atoms with Crippen molar-refractivity contribution in [3.05, 3.63) is 39.7 Å². The van der Waals surface area contributed by atoms with E-state index in [0.29, 0.717) is 5.52 Å². The van der Waals surface area contributed by atoms with Gasteiger partial charge < -0.3 is 14.8 Å². The summed E-state index contributed by atoms with van der Waals surface area (Å²) in [5, 5.41) is 10.2. The zero-order chi connectivity index (χ0) is 16.1. The Bertz CT molecular complexity index is 733. The Kier molecular flexibility index (Phi) is 5.20. The molecular weight excluding hydrogens is 282 g/mol. The Balaban J connectivity index is 2.53. The van der Waals surface area contributed by atoms with Crippen LogP contribution in [0.15, 0.2) is 23.0 Å². The number of carboxylic acid groups (broad SMARTS) is 1. The Morgan fingerprint density at radius 2 is 2.05 bits per heavy atom. The number of aromatic carboxylic acids is 1. The van der Waals surface area contributed by atoms with Gasteiger partial charge in [0.25, 0.3) is 0 Å². The molecule has 0 aliphatic rings. The Hall–Kier alpha value is -2.30. The number of carboxylic acids is 1. The van der Waals surface area contributed by atoms with Gasteiger partial charge in [-0.15, -0.1) is 0 Å². The quantitative estimate of drug-likeness (QED) is 0.769. The second-order valence-corrected chi connectivity index (χ2v) is 5.34. The van der Waals surface area contributed by atoms with Crippen molar-refractivity contribution in [2.45, 2.75) is 39.0 Å². The van der Waals surface area contributed by atoms with Gasteiger partial charge in [-0.05, 0) is 30.5 Å². The van der Waals surface area contributed by atoms with Crippen molar-refractivity contribution in [2.24, 2.45) is 0 Å². The molecule has 0 amide bonds. The molecular formula is C17H21NO4. The number of benzene rings is 1. The minimum Gasteiger partial charge on any atom is -0.496 e. The van der Waals surface area contributed by atoms with Gasteiger partial charge in [-0.1, -0.05) is 26.2 Å². The number of carbonyl (C=O) groups is 1. The third kappa shape index (κ3) is 3.30. The molecule has 0 aliphatic carbocycles. The normalized spacial score (nSPS) is 10.8. The highest BCUT2D eigenvalue weighted by atomic mass is 16.5. The minimum absolute atomic E-state index is 0.00695. The lowest BCUT2D eigenvalue weighted by Gasteiger charge is -2.11. The summed E-state index contributed by atoms with van der Waals surface area (Å²) in [5.74, 6) is -0.861. The molecule has 2 rings (SSSR count). The molecule has 0 radical (unpaired) electrons. The fourth-order valence-corrected chi connectivity index (χ4v) is 2.71. The molecule has 2 aromatic rings. The van der Waals surface area contributed by atoms with Crippen LogP contribution in [0.5, 0.6) is 5.75 Å². The van der Waals surface area contributed by atoms with Crippen molar-refractivity contribution >= 4 is 16.9 Å². The summed E-state index contributed by atoms with van der Waals surface area (Å²) in [6.45, 7) is 2.15. The number of fused-ring (bicyclic) bond motifs is 1. The van der Waals surface area contributed by atoms with E-state index >= 15 is 0 Å². The molecule has 5 nitrogen and oxygen atoms in total. The molecule has 118 valence electrons. The monoisotopic (exact) mass is 303 g/mol. The van der Waals surface area contributed by atoms with Crippen LogP contribution < -0.4 is 10.3 Å². The van der Waals surface area contributed by atoms with E-state index < -0.39 is 5.97 Å². The van der Waals surface area contributed by atoms with Gasteiger partial charge in [0, 0.05) is 11.5 Å². The standard InChI is InChI=1S/C17H21NO4/c1-3-4-5-6-7-11-10-14(19)18-16-12(11)8-9-13(22-2)15(16)17(20)21/h8-10H,3-7H2,1-2H3,(H,18,19)(H,20,21). The van der Waals surface area contributed by atoms with Gasteiger partial charge >= 0.3 is 5.97 Å². The lowest BCUT2D eigenvalue weighted by Crippen LogP contribution is -2.11. The number of rotatable bonds is 7. The molecule has 22 heavy (non-hydrogen) atoms. The van der Waals surface area contributed by atoms with Crippen LogP contribution in [0.2, 0.25) is 0 Å². The molecule has 0 saturated heterocycles. The number of H-pyrrole nitrogens is 1. The number of methoxy groups -OCH3 is 1. The van der Waals surface area contributed by atoms with E-state index in [0.717, 1.165) is 43.1 Å². The highest BCUT2D eigenvalue weighted by Gasteiger charge is 2.17. The van der Waals surface area contributed by atoms with Gasteiger partial charge in [0.2, 0.25) is 5.56 Å². The highest BCUT2D eigenvalue weighted by molar-refractivity contribution is 6.05. The molecule has 0 bridgehead atoms. The number of aromatic amines is 1. The molecule has 0 aliphatic heterocycles. The van der Waals surface area contributed by atoms with Crippen molar-refractivity contribution in [3.8, 4) is 5.75 Å². The van der Waals surface area contributed by atoms with E-state index in [4.69, 9.17) is 4.74 Å². The first-order valence-electron chi connectivity index (χ1n) is 7.54. The van der Waals surface area contributed by atoms with Crippen molar-refractivity contribution in [3.63, 3.8) is 0 Å². The zero-order valence-corrected chi connectivity index (χ0v) is 12.9. The van der Waals surface area contributed by atoms with Crippen molar-refractivity contribution in [2.75, 3.05) is 7.11 Å². The number of ether oxygens (including phenoxy) is 1. The van der Waals surface area contributed by atoms with Gasteiger partial charge in [0.05, 0.1) is 12.6 Å². The van der Waals surface area contributed by atoms with Gasteiger partial charge in [-0.2, -0.15) is 0 Å². The largest absolute Gasteiger partial charge is 0.496 e. The minimum atomic E-state index is -1.11. The summed E-state index contributed by atoms with van der Waals surface area (Å²) < 4.78 is 5.10. The SMILES string of the molecule is CCCCCCc1cc(=O)[nH]c2c(C(=O)O)c(OC)ccc12. The maximum absolute atomic E-state index is 11.9. The maximum Gasteiger partial charge on any atom is 0.341 e. The molecule has 1 aromatic carbocycles. The van der Waals surface area contributed by atoms with E-state index in [1.54, 1.807) is 12.1 Å². The molecule has 0 spiro atoms. The van der Waals surface area contributed by atoms with E-state index in [-0.39, 0.29) is 16.9 Å². The second-order valence-electron chi connectivity index (χ2n) is 5.34. The number of pyridine rings is 1. The van der Waals surface area contributed by atoms with E-state index in [1.807, 2.05) is 6.07 Å². The maximum atomic E-state index is 11.9. The van der Waals surface area contributed by atoms with E-state index in [1.165, 1.54) is 7.11 Å². The van der Waals surface area contributed by atoms with Gasteiger partial charge in [-0.3, -0.25) is 4.79 Å². The summed E-state index contributed by atoms with van der Waals surface area (Å²) in [6, 6.07) is 5.01. The molecule has 2 N–H and O–H groups in total. The van der Waals surface area contributed by atoms with E-state index in [2.05, 4.69) is 11.9 Å². The smallest absolute Gasteiger partial charge is 0.341 e. The lowest BCUT2D eigenvalue weighted by atomic mass is 9.99. The Labute approximate surface area is 128 Å². The van der Waals surface area contributed by atoms with Crippen LogP contribution in [0.1, 0.15) is 48.5 Å². The number of hydrogen-bond donors (Lipinski definition) is 2. The predicted octanol–water partition coefficient (Wildman–Crippen LogP) is 3.36. The fraction of sp³-hybridized carbons (Fsp3) is 0.412. The summed E-state index contributed by atoms with van der Waals surface area (Å²) in [7, 11) is 1.42. The topological polar surface area (TPSA) is 79.4 Å². The van der Waals surface area contributed by atoms with Gasteiger partial charge in [0.1, 0.15) is 11.3 Å². The number of hydrogen-bond acceptors (Lipinski definition) is 3. The highest BCUT2D eigenvalue weighted by Crippen LogP contribution is 2.28. The van der Waals surface area contributed by atoms with Crippen LogP contribution in [-0.4, -0.2) is 23.2 Å². The zero-order valence-electron chi connectivity index (χ0n) is 12.9. The summed E-state index contributed by atoms with van der Waals surface area (Å²) in [5.41, 5.74) is 0.950. The van der Waals surface area contributed by atoms with Crippen LogP contribution in [0.3, 0.4) is 0 Å². The fourth-order valence-electron chi connectivity index (χ4n) is 2.71. The molecule has 1 aromatic heterocycles. The first-order chi connectivity index (χ1) is 10.6. The lowest BCUT2D eigenvalue weighted by molar-refractivity contribution is 0.0695. The van der Waals surface area contributed by atoms with Crippen LogP contribution in [0, 0.1) is 0 Å². The van der Waals surface area contributed by atoms with Crippen LogP contribution in [0.4, 0.5) is 0 Å².